The molecule has 2 aromatic rings. The van der Waals surface area contributed by atoms with E-state index in [4.69, 9.17) is 14.2 Å². The molecular formula is C22H20F2N2O6. The molecule has 1 saturated heterocycles. The van der Waals surface area contributed by atoms with E-state index in [2.05, 4.69) is 0 Å². The molecule has 168 valence electrons. The van der Waals surface area contributed by atoms with Gasteiger partial charge in [0.2, 0.25) is 5.91 Å². The molecule has 0 radical (unpaired) electrons. The highest BCUT2D eigenvalue weighted by Gasteiger charge is 2.30. The Hall–Kier alpha value is -3.53. The maximum atomic E-state index is 13.3. The average Bonchev–Trinajstić information content (AvgIpc) is 2.81. The van der Waals surface area contributed by atoms with Crippen molar-refractivity contribution in [1.82, 2.24) is 4.90 Å². The maximum Gasteiger partial charge on any atom is 0.265 e. The van der Waals surface area contributed by atoms with Crippen molar-refractivity contribution in [2.75, 3.05) is 51.0 Å². The molecule has 4 rings (SSSR count). The average molecular weight is 446 g/mol. The zero-order valence-electron chi connectivity index (χ0n) is 17.0. The number of ether oxygens (including phenoxy) is 3. The molecule has 1 fully saturated rings. The Morgan fingerprint density at radius 3 is 2.56 bits per heavy atom. The van der Waals surface area contributed by atoms with Crippen molar-refractivity contribution in [2.45, 2.75) is 0 Å². The van der Waals surface area contributed by atoms with Crippen LogP contribution >= 0.6 is 0 Å². The Labute approximate surface area is 182 Å². The van der Waals surface area contributed by atoms with Crippen LogP contribution in [0.25, 0.3) is 0 Å². The predicted molar refractivity (Wildman–Crippen MR) is 108 cm³/mol. The number of halogens is 2. The molecule has 0 aliphatic carbocycles. The second kappa shape index (κ2) is 9.31. The highest BCUT2D eigenvalue weighted by atomic mass is 19.2. The van der Waals surface area contributed by atoms with Crippen molar-refractivity contribution in [1.29, 1.82) is 0 Å². The third kappa shape index (κ3) is 4.70. The van der Waals surface area contributed by atoms with Crippen LogP contribution in [-0.2, 0) is 14.3 Å². The fourth-order valence-corrected chi connectivity index (χ4v) is 3.40. The van der Waals surface area contributed by atoms with Gasteiger partial charge in [0.1, 0.15) is 18.0 Å². The molecule has 2 aromatic carbocycles. The van der Waals surface area contributed by atoms with E-state index in [0.717, 1.165) is 12.1 Å². The van der Waals surface area contributed by atoms with Gasteiger partial charge in [0, 0.05) is 24.7 Å². The van der Waals surface area contributed by atoms with Crippen LogP contribution < -0.4 is 14.4 Å². The lowest BCUT2D eigenvalue weighted by Gasteiger charge is -2.32. The molecule has 0 unspecified atom stereocenters. The van der Waals surface area contributed by atoms with Crippen LogP contribution in [0.4, 0.5) is 14.5 Å². The summed E-state index contributed by atoms with van der Waals surface area (Å²) in [6.07, 6.45) is 0. The first kappa shape index (κ1) is 21.7. The molecule has 8 nitrogen and oxygen atoms in total. The number of anilines is 1. The Morgan fingerprint density at radius 1 is 1.03 bits per heavy atom. The molecule has 0 spiro atoms. The summed E-state index contributed by atoms with van der Waals surface area (Å²) in [5, 5.41) is 0. The van der Waals surface area contributed by atoms with Crippen LogP contribution in [0.5, 0.6) is 11.5 Å². The van der Waals surface area contributed by atoms with Gasteiger partial charge < -0.3 is 19.1 Å². The first-order valence-electron chi connectivity index (χ1n) is 9.96. The van der Waals surface area contributed by atoms with Gasteiger partial charge >= 0.3 is 0 Å². The summed E-state index contributed by atoms with van der Waals surface area (Å²) in [6.45, 7) is 0.958. The number of carbonyl (C=O) groups is 3. The van der Waals surface area contributed by atoms with Gasteiger partial charge in [-0.15, -0.1) is 0 Å². The normalized spacial score (nSPS) is 15.8. The molecule has 2 amide bonds. The summed E-state index contributed by atoms with van der Waals surface area (Å²) in [6, 6.07) is 7.47. The molecule has 10 heteroatoms. The lowest BCUT2D eigenvalue weighted by atomic mass is 10.1. The lowest BCUT2D eigenvalue weighted by molar-refractivity contribution is -0.135. The minimum atomic E-state index is -1.08. The monoisotopic (exact) mass is 446 g/mol. The Kier molecular flexibility index (Phi) is 6.31. The summed E-state index contributed by atoms with van der Waals surface area (Å²) in [5.41, 5.74) is 0.523. The number of benzene rings is 2. The third-order valence-electron chi connectivity index (χ3n) is 5.14. The zero-order chi connectivity index (χ0) is 22.7. The van der Waals surface area contributed by atoms with Crippen LogP contribution in [0.15, 0.2) is 36.4 Å². The molecule has 2 heterocycles. The Bertz CT molecular complexity index is 1050. The topological polar surface area (TPSA) is 85.4 Å². The summed E-state index contributed by atoms with van der Waals surface area (Å²) in [5.74, 6) is -2.80. The van der Waals surface area contributed by atoms with Crippen molar-refractivity contribution in [3.63, 3.8) is 0 Å². The van der Waals surface area contributed by atoms with E-state index in [1.807, 2.05) is 0 Å². The van der Waals surface area contributed by atoms with E-state index in [0.29, 0.717) is 37.7 Å². The van der Waals surface area contributed by atoms with Crippen molar-refractivity contribution < 1.29 is 37.4 Å². The van der Waals surface area contributed by atoms with Gasteiger partial charge in [0.25, 0.3) is 5.91 Å². The zero-order valence-corrected chi connectivity index (χ0v) is 17.0. The highest BCUT2D eigenvalue weighted by molar-refractivity contribution is 6.04. The van der Waals surface area contributed by atoms with Crippen LogP contribution in [0.1, 0.15) is 10.4 Å². The maximum absolute atomic E-state index is 13.3. The fourth-order valence-electron chi connectivity index (χ4n) is 3.40. The number of carbonyl (C=O) groups excluding carboxylic acids is 3. The number of Topliss-reactive ketones (excluding diaryl/α,β-unsaturated/α-hetero) is 1. The third-order valence-corrected chi connectivity index (χ3v) is 5.14. The first-order chi connectivity index (χ1) is 15.4. The smallest absolute Gasteiger partial charge is 0.265 e. The van der Waals surface area contributed by atoms with Crippen molar-refractivity contribution in [2.24, 2.45) is 0 Å². The van der Waals surface area contributed by atoms with Crippen molar-refractivity contribution >= 4 is 23.3 Å². The number of fused-ring (bicyclic) bond motifs is 1. The summed E-state index contributed by atoms with van der Waals surface area (Å²) < 4.78 is 42.3. The summed E-state index contributed by atoms with van der Waals surface area (Å²) in [4.78, 5) is 40.6. The van der Waals surface area contributed by atoms with E-state index < -0.39 is 29.9 Å². The van der Waals surface area contributed by atoms with Gasteiger partial charge in [-0.2, -0.15) is 0 Å². The quantitative estimate of drug-likeness (QED) is 0.630. The Morgan fingerprint density at radius 2 is 1.81 bits per heavy atom. The van der Waals surface area contributed by atoms with E-state index in [-0.39, 0.29) is 30.4 Å². The highest BCUT2D eigenvalue weighted by Crippen LogP contribution is 2.33. The van der Waals surface area contributed by atoms with Gasteiger partial charge in [0.15, 0.2) is 30.6 Å². The molecule has 0 aromatic heterocycles. The predicted octanol–water partition coefficient (Wildman–Crippen LogP) is 1.81. The van der Waals surface area contributed by atoms with Gasteiger partial charge in [-0.1, -0.05) is 0 Å². The molecule has 0 N–H and O–H groups in total. The number of hydrogen-bond acceptors (Lipinski definition) is 6. The number of ketones is 1. The standard InChI is InChI=1S/C22H20F2N2O6/c23-16-3-2-15(10-17(16)24)31-12-19(27)14-1-4-20-18(9-14)26(22(29)13-32-20)11-21(28)25-5-7-30-8-6-25/h1-4,9-10H,5-8,11-13H2. The number of morpholine rings is 1. The Balaban J connectivity index is 1.48. The molecule has 32 heavy (non-hydrogen) atoms. The number of rotatable bonds is 6. The van der Waals surface area contributed by atoms with E-state index in [9.17, 15) is 23.2 Å². The van der Waals surface area contributed by atoms with E-state index in [1.54, 1.807) is 11.0 Å². The van der Waals surface area contributed by atoms with Crippen LogP contribution in [0, 0.1) is 11.6 Å². The fraction of sp³-hybridized carbons (Fsp3) is 0.318. The van der Waals surface area contributed by atoms with Gasteiger partial charge in [-0.05, 0) is 30.3 Å². The molecule has 0 saturated carbocycles. The van der Waals surface area contributed by atoms with Crippen LogP contribution in [0.3, 0.4) is 0 Å². The molecule has 0 atom stereocenters. The van der Waals surface area contributed by atoms with Gasteiger partial charge in [-0.25, -0.2) is 8.78 Å². The summed E-state index contributed by atoms with van der Waals surface area (Å²) in [7, 11) is 0. The van der Waals surface area contributed by atoms with E-state index in [1.165, 1.54) is 23.1 Å². The van der Waals surface area contributed by atoms with Crippen LogP contribution in [0.2, 0.25) is 0 Å². The van der Waals surface area contributed by atoms with Gasteiger partial charge in [0.05, 0.1) is 18.9 Å². The molecule has 2 aliphatic heterocycles. The van der Waals surface area contributed by atoms with Crippen molar-refractivity contribution in [3.05, 3.63) is 53.6 Å². The number of amides is 2. The molecule has 2 aliphatic rings. The number of nitrogens with zero attached hydrogens (tertiary/aromatic N) is 2. The number of hydrogen-bond donors (Lipinski definition) is 0. The second-order valence-electron chi connectivity index (χ2n) is 7.23. The second-order valence-corrected chi connectivity index (χ2v) is 7.23. The summed E-state index contributed by atoms with van der Waals surface area (Å²) >= 11 is 0. The van der Waals surface area contributed by atoms with Crippen molar-refractivity contribution in [3.8, 4) is 11.5 Å². The van der Waals surface area contributed by atoms with Gasteiger partial charge in [-0.3, -0.25) is 19.3 Å². The van der Waals surface area contributed by atoms with Crippen LogP contribution in [-0.4, -0.2) is 68.6 Å². The SMILES string of the molecule is O=C(COc1ccc(F)c(F)c1)c1ccc2c(c1)N(CC(=O)N1CCOCC1)C(=O)CO2. The molecular weight excluding hydrogens is 426 g/mol. The van der Waals surface area contributed by atoms with E-state index >= 15 is 0 Å². The first-order valence-corrected chi connectivity index (χ1v) is 9.96. The minimum absolute atomic E-state index is 0.00598. The minimum Gasteiger partial charge on any atom is -0.485 e. The lowest BCUT2D eigenvalue weighted by Crippen LogP contribution is -2.49. The largest absolute Gasteiger partial charge is 0.485 e. The molecule has 0 bridgehead atoms.